The highest BCUT2D eigenvalue weighted by molar-refractivity contribution is 7.90. The van der Waals surface area contributed by atoms with Crippen LogP contribution >= 0.6 is 0 Å². The molecule has 4 heteroatoms. The van der Waals surface area contributed by atoms with Crippen molar-refractivity contribution < 1.29 is 13.2 Å². The summed E-state index contributed by atoms with van der Waals surface area (Å²) in [6, 6.07) is 14.9. The molecule has 0 N–H and O–H groups in total. The lowest BCUT2D eigenvalue weighted by atomic mass is 10.2. The van der Waals surface area contributed by atoms with Gasteiger partial charge in [0, 0.05) is 6.26 Å². The van der Waals surface area contributed by atoms with Crippen LogP contribution in [0.15, 0.2) is 53.4 Å². The van der Waals surface area contributed by atoms with E-state index in [4.69, 9.17) is 4.74 Å². The minimum atomic E-state index is -3.22. The molecule has 0 aromatic heterocycles. The zero-order valence-electron chi connectivity index (χ0n) is 11.0. The zero-order valence-corrected chi connectivity index (χ0v) is 11.8. The minimum absolute atomic E-state index is 0.318. The van der Waals surface area contributed by atoms with Crippen LogP contribution in [0.2, 0.25) is 0 Å². The molecule has 0 atom stereocenters. The van der Waals surface area contributed by atoms with Gasteiger partial charge in [-0.05, 0) is 30.2 Å². The van der Waals surface area contributed by atoms with Gasteiger partial charge in [0.15, 0.2) is 9.84 Å². The van der Waals surface area contributed by atoms with Gasteiger partial charge < -0.3 is 4.74 Å². The summed E-state index contributed by atoms with van der Waals surface area (Å²) in [6.45, 7) is 2.20. The monoisotopic (exact) mass is 276 g/mol. The Morgan fingerprint density at radius 2 is 1.74 bits per heavy atom. The molecule has 0 unspecified atom stereocenters. The van der Waals surface area contributed by atoms with Crippen LogP contribution in [-0.4, -0.2) is 14.7 Å². The van der Waals surface area contributed by atoms with Crippen molar-refractivity contribution in [2.24, 2.45) is 0 Å². The Labute approximate surface area is 113 Å². The molecule has 0 saturated heterocycles. The van der Waals surface area contributed by atoms with Gasteiger partial charge in [-0.1, -0.05) is 36.4 Å². The van der Waals surface area contributed by atoms with E-state index in [0.717, 1.165) is 11.1 Å². The highest BCUT2D eigenvalue weighted by atomic mass is 32.2. The van der Waals surface area contributed by atoms with Gasteiger partial charge in [0.05, 0.1) is 4.90 Å². The van der Waals surface area contributed by atoms with Crippen LogP contribution in [0.5, 0.6) is 5.75 Å². The van der Waals surface area contributed by atoms with Crippen molar-refractivity contribution in [3.63, 3.8) is 0 Å². The maximum absolute atomic E-state index is 11.6. The molecule has 0 heterocycles. The van der Waals surface area contributed by atoms with Crippen molar-refractivity contribution in [2.75, 3.05) is 6.26 Å². The van der Waals surface area contributed by atoms with Crippen LogP contribution in [0.25, 0.3) is 0 Å². The molecule has 0 aliphatic rings. The van der Waals surface area contributed by atoms with Crippen molar-refractivity contribution in [1.82, 2.24) is 0 Å². The van der Waals surface area contributed by atoms with Gasteiger partial charge in [-0.3, -0.25) is 0 Å². The SMILES string of the molecule is Cc1ccc(OCc2ccccc2)cc1S(C)(=O)=O. The number of ether oxygens (including phenoxy) is 1. The molecule has 0 spiro atoms. The Morgan fingerprint density at radius 3 is 2.37 bits per heavy atom. The predicted octanol–water partition coefficient (Wildman–Crippen LogP) is 2.98. The Hall–Kier alpha value is -1.81. The van der Waals surface area contributed by atoms with Crippen molar-refractivity contribution >= 4 is 9.84 Å². The smallest absolute Gasteiger partial charge is 0.175 e. The fourth-order valence-electron chi connectivity index (χ4n) is 1.81. The first kappa shape index (κ1) is 13.6. The fourth-order valence-corrected chi connectivity index (χ4v) is 2.79. The second kappa shape index (κ2) is 5.45. The highest BCUT2D eigenvalue weighted by Gasteiger charge is 2.11. The molecule has 2 aromatic carbocycles. The van der Waals surface area contributed by atoms with E-state index in [1.807, 2.05) is 30.3 Å². The first-order valence-electron chi connectivity index (χ1n) is 5.94. The molecule has 0 aliphatic carbocycles. The topological polar surface area (TPSA) is 43.4 Å². The standard InChI is InChI=1S/C15H16O3S/c1-12-8-9-14(10-15(12)19(2,16)17)18-11-13-6-4-3-5-7-13/h3-10H,11H2,1-2H3. The third-order valence-corrected chi connectivity index (χ3v) is 4.05. The van der Waals surface area contributed by atoms with Crippen molar-refractivity contribution in [3.05, 3.63) is 59.7 Å². The Bertz CT molecular complexity index is 661. The number of sulfone groups is 1. The van der Waals surface area contributed by atoms with E-state index in [9.17, 15) is 8.42 Å². The Balaban J connectivity index is 2.18. The lowest BCUT2D eigenvalue weighted by Crippen LogP contribution is -2.02. The molecule has 0 amide bonds. The van der Waals surface area contributed by atoms with E-state index in [1.54, 1.807) is 25.1 Å². The van der Waals surface area contributed by atoms with Crippen LogP contribution in [0.3, 0.4) is 0 Å². The summed E-state index contributed by atoms with van der Waals surface area (Å²) in [7, 11) is -3.22. The molecule has 2 rings (SSSR count). The number of rotatable bonds is 4. The normalized spacial score (nSPS) is 11.3. The first-order chi connectivity index (χ1) is 8.97. The molecule has 0 radical (unpaired) electrons. The molecule has 0 aliphatic heterocycles. The summed E-state index contributed by atoms with van der Waals surface area (Å²) in [5.41, 5.74) is 1.78. The van der Waals surface area contributed by atoms with Gasteiger partial charge in [0.2, 0.25) is 0 Å². The van der Waals surface area contributed by atoms with Gasteiger partial charge in [-0.25, -0.2) is 8.42 Å². The van der Waals surface area contributed by atoms with E-state index in [-0.39, 0.29) is 0 Å². The van der Waals surface area contributed by atoms with Crippen molar-refractivity contribution in [2.45, 2.75) is 18.4 Å². The largest absolute Gasteiger partial charge is 0.489 e. The summed E-state index contributed by atoms with van der Waals surface area (Å²) in [5.74, 6) is 0.565. The summed E-state index contributed by atoms with van der Waals surface area (Å²) < 4.78 is 28.9. The Kier molecular flexibility index (Phi) is 3.90. The predicted molar refractivity (Wildman–Crippen MR) is 75.1 cm³/mol. The second-order valence-corrected chi connectivity index (χ2v) is 6.46. The van der Waals surface area contributed by atoms with Crippen molar-refractivity contribution in [3.8, 4) is 5.75 Å². The van der Waals surface area contributed by atoms with Crippen LogP contribution in [0, 0.1) is 6.92 Å². The fraction of sp³-hybridized carbons (Fsp3) is 0.200. The quantitative estimate of drug-likeness (QED) is 0.862. The van der Waals surface area contributed by atoms with Gasteiger partial charge in [0.25, 0.3) is 0 Å². The van der Waals surface area contributed by atoms with E-state index in [1.165, 1.54) is 6.26 Å². The number of hydrogen-bond acceptors (Lipinski definition) is 3. The molecule has 0 bridgehead atoms. The number of aryl methyl sites for hydroxylation is 1. The van der Waals surface area contributed by atoms with E-state index in [2.05, 4.69) is 0 Å². The lowest BCUT2D eigenvalue weighted by Gasteiger charge is -2.09. The highest BCUT2D eigenvalue weighted by Crippen LogP contribution is 2.22. The molecule has 3 nitrogen and oxygen atoms in total. The molecule has 100 valence electrons. The lowest BCUT2D eigenvalue weighted by molar-refractivity contribution is 0.305. The van der Waals surface area contributed by atoms with Gasteiger partial charge in [-0.15, -0.1) is 0 Å². The molecule has 0 fully saturated rings. The summed E-state index contributed by atoms with van der Waals surface area (Å²) in [6.07, 6.45) is 1.20. The third kappa shape index (κ3) is 3.58. The average molecular weight is 276 g/mol. The summed E-state index contributed by atoms with van der Waals surface area (Å²) in [5, 5.41) is 0. The molecule has 0 saturated carbocycles. The second-order valence-electron chi connectivity index (χ2n) is 4.47. The average Bonchev–Trinajstić information content (AvgIpc) is 2.37. The van der Waals surface area contributed by atoms with E-state index < -0.39 is 9.84 Å². The molecule has 19 heavy (non-hydrogen) atoms. The van der Waals surface area contributed by atoms with Crippen LogP contribution in [0.4, 0.5) is 0 Å². The van der Waals surface area contributed by atoms with Gasteiger partial charge in [0.1, 0.15) is 12.4 Å². The van der Waals surface area contributed by atoms with Crippen LogP contribution in [-0.2, 0) is 16.4 Å². The third-order valence-electron chi connectivity index (χ3n) is 2.81. The minimum Gasteiger partial charge on any atom is -0.489 e. The van der Waals surface area contributed by atoms with E-state index in [0.29, 0.717) is 17.3 Å². The van der Waals surface area contributed by atoms with E-state index >= 15 is 0 Å². The first-order valence-corrected chi connectivity index (χ1v) is 7.83. The number of hydrogen-bond donors (Lipinski definition) is 0. The maximum Gasteiger partial charge on any atom is 0.175 e. The van der Waals surface area contributed by atoms with Crippen LogP contribution in [0.1, 0.15) is 11.1 Å². The van der Waals surface area contributed by atoms with Gasteiger partial charge in [-0.2, -0.15) is 0 Å². The summed E-state index contributed by atoms with van der Waals surface area (Å²) >= 11 is 0. The summed E-state index contributed by atoms with van der Waals surface area (Å²) in [4.78, 5) is 0.318. The zero-order chi connectivity index (χ0) is 13.9. The maximum atomic E-state index is 11.6. The molecular formula is C15H16O3S. The molecule has 2 aromatic rings. The number of benzene rings is 2. The Morgan fingerprint density at radius 1 is 1.05 bits per heavy atom. The van der Waals surface area contributed by atoms with Gasteiger partial charge >= 0.3 is 0 Å². The molecular weight excluding hydrogens is 260 g/mol. The van der Waals surface area contributed by atoms with Crippen molar-refractivity contribution in [1.29, 1.82) is 0 Å². The van der Waals surface area contributed by atoms with Crippen LogP contribution < -0.4 is 4.74 Å².